The molecule has 1 unspecified atom stereocenters. The Morgan fingerprint density at radius 1 is 1.24 bits per heavy atom. The molecule has 0 aromatic heterocycles. The number of hydrogen-bond acceptors (Lipinski definition) is 3. The molecule has 7 nitrogen and oxygen atoms in total. The number of nitrogens with one attached hydrogen (secondary N) is 2. The Balaban J connectivity index is 2.56. The molecule has 0 saturated heterocycles. The molecule has 7 heteroatoms. The van der Waals surface area contributed by atoms with Gasteiger partial charge in [-0.3, -0.25) is 4.79 Å². The number of carboxylic acids is 1. The number of amides is 3. The molecule has 5 N–H and O–H groups in total. The number of carboxylic acid groups (broad SMARTS) is 1. The third kappa shape index (κ3) is 5.94. The van der Waals surface area contributed by atoms with Gasteiger partial charge >= 0.3 is 12.0 Å². The maximum absolute atomic E-state index is 11.7. The van der Waals surface area contributed by atoms with E-state index in [9.17, 15) is 14.4 Å². The first kappa shape index (κ1) is 16.5. The summed E-state index contributed by atoms with van der Waals surface area (Å²) in [6.07, 6.45) is 0.732. The second-order valence-corrected chi connectivity index (χ2v) is 4.54. The molecular weight excluding hydrogens is 274 g/mol. The van der Waals surface area contributed by atoms with E-state index in [2.05, 4.69) is 10.6 Å². The van der Waals surface area contributed by atoms with Gasteiger partial charge in [-0.05, 0) is 30.5 Å². The van der Waals surface area contributed by atoms with E-state index >= 15 is 0 Å². The van der Waals surface area contributed by atoms with E-state index in [1.165, 1.54) is 0 Å². The first-order valence-corrected chi connectivity index (χ1v) is 6.60. The lowest BCUT2D eigenvalue weighted by atomic mass is 10.1. The van der Waals surface area contributed by atoms with Crippen molar-refractivity contribution in [3.8, 4) is 0 Å². The molecular formula is C14H19N3O4. The van der Waals surface area contributed by atoms with Crippen LogP contribution in [0.3, 0.4) is 0 Å². The molecule has 1 aromatic carbocycles. The van der Waals surface area contributed by atoms with Gasteiger partial charge in [-0.25, -0.2) is 9.59 Å². The molecule has 0 aliphatic rings. The van der Waals surface area contributed by atoms with Crippen LogP contribution in [-0.2, 0) is 16.0 Å². The molecule has 1 aromatic rings. The van der Waals surface area contributed by atoms with Gasteiger partial charge in [-0.15, -0.1) is 0 Å². The number of nitrogens with two attached hydrogens (primary N) is 1. The molecule has 0 radical (unpaired) electrons. The molecule has 114 valence electrons. The minimum atomic E-state index is -1.22. The minimum absolute atomic E-state index is 0.0488. The zero-order valence-electron chi connectivity index (χ0n) is 11.8. The number of hydrogen-bond donors (Lipinski definition) is 4. The van der Waals surface area contributed by atoms with E-state index in [4.69, 9.17) is 10.8 Å². The number of carbonyl (C=O) groups is 3. The summed E-state index contributed by atoms with van der Waals surface area (Å²) in [4.78, 5) is 33.4. The van der Waals surface area contributed by atoms with E-state index in [1.807, 2.05) is 19.1 Å². The van der Waals surface area contributed by atoms with Crippen molar-refractivity contribution in [2.24, 2.45) is 5.73 Å². The molecule has 0 fully saturated rings. The Labute approximate surface area is 122 Å². The summed E-state index contributed by atoms with van der Waals surface area (Å²) in [5.41, 5.74) is 6.65. The fourth-order valence-corrected chi connectivity index (χ4v) is 1.69. The molecule has 0 spiro atoms. The molecule has 0 bridgehead atoms. The number of carbonyl (C=O) groups excluding carboxylic acids is 2. The van der Waals surface area contributed by atoms with E-state index in [-0.39, 0.29) is 12.8 Å². The largest absolute Gasteiger partial charge is 0.480 e. The zero-order valence-corrected chi connectivity index (χ0v) is 11.8. The molecule has 21 heavy (non-hydrogen) atoms. The number of anilines is 1. The summed E-state index contributed by atoms with van der Waals surface area (Å²) in [5.74, 6) is -1.83. The highest BCUT2D eigenvalue weighted by molar-refractivity contribution is 5.92. The minimum Gasteiger partial charge on any atom is -0.480 e. The average molecular weight is 293 g/mol. The Bertz CT molecular complexity index is 513. The highest BCUT2D eigenvalue weighted by atomic mass is 16.4. The van der Waals surface area contributed by atoms with Crippen molar-refractivity contribution in [3.63, 3.8) is 0 Å². The van der Waals surface area contributed by atoms with Crippen LogP contribution in [0.5, 0.6) is 0 Å². The Morgan fingerprint density at radius 2 is 1.86 bits per heavy atom. The molecule has 1 atom stereocenters. The summed E-state index contributed by atoms with van der Waals surface area (Å²) in [5, 5.41) is 13.8. The van der Waals surface area contributed by atoms with E-state index in [0.717, 1.165) is 12.0 Å². The normalized spacial score (nSPS) is 11.5. The SMILES string of the molecule is CCc1ccc(NC(=O)NC(CCC(N)=O)C(=O)O)cc1. The van der Waals surface area contributed by atoms with Crippen LogP contribution in [0.4, 0.5) is 10.5 Å². The second kappa shape index (κ2) is 7.88. The van der Waals surface area contributed by atoms with Gasteiger partial charge in [0.15, 0.2) is 0 Å². The highest BCUT2D eigenvalue weighted by Crippen LogP contribution is 2.10. The lowest BCUT2D eigenvalue weighted by molar-refractivity contribution is -0.139. The van der Waals surface area contributed by atoms with Crippen molar-refractivity contribution in [2.45, 2.75) is 32.2 Å². The van der Waals surface area contributed by atoms with Crippen molar-refractivity contribution < 1.29 is 19.5 Å². The van der Waals surface area contributed by atoms with Gasteiger partial charge in [0, 0.05) is 12.1 Å². The smallest absolute Gasteiger partial charge is 0.326 e. The van der Waals surface area contributed by atoms with Gasteiger partial charge < -0.3 is 21.5 Å². The van der Waals surface area contributed by atoms with Crippen LogP contribution in [0.15, 0.2) is 24.3 Å². The van der Waals surface area contributed by atoms with Crippen molar-refractivity contribution in [1.29, 1.82) is 0 Å². The first-order valence-electron chi connectivity index (χ1n) is 6.60. The maximum Gasteiger partial charge on any atom is 0.326 e. The molecule has 0 saturated carbocycles. The molecule has 1 rings (SSSR count). The predicted octanol–water partition coefficient (Wildman–Crippen LogP) is 1.09. The maximum atomic E-state index is 11.7. The van der Waals surface area contributed by atoms with Gasteiger partial charge in [-0.2, -0.15) is 0 Å². The van der Waals surface area contributed by atoms with Crippen LogP contribution < -0.4 is 16.4 Å². The number of aryl methyl sites for hydroxylation is 1. The predicted molar refractivity (Wildman–Crippen MR) is 77.8 cm³/mol. The highest BCUT2D eigenvalue weighted by Gasteiger charge is 2.20. The Morgan fingerprint density at radius 3 is 2.33 bits per heavy atom. The lowest BCUT2D eigenvalue weighted by Gasteiger charge is -2.14. The van der Waals surface area contributed by atoms with Crippen molar-refractivity contribution in [1.82, 2.24) is 5.32 Å². The van der Waals surface area contributed by atoms with E-state index in [0.29, 0.717) is 5.69 Å². The number of aliphatic carboxylic acids is 1. The quantitative estimate of drug-likeness (QED) is 0.601. The summed E-state index contributed by atoms with van der Waals surface area (Å²) in [6, 6.07) is 5.41. The third-order valence-electron chi connectivity index (χ3n) is 2.90. The van der Waals surface area contributed by atoms with Gasteiger partial charge in [0.05, 0.1) is 0 Å². The Kier molecular flexibility index (Phi) is 6.19. The third-order valence-corrected chi connectivity index (χ3v) is 2.90. The molecule has 0 heterocycles. The van der Waals surface area contributed by atoms with E-state index in [1.54, 1.807) is 12.1 Å². The summed E-state index contributed by atoms with van der Waals surface area (Å²) in [7, 11) is 0. The average Bonchev–Trinajstić information content (AvgIpc) is 2.43. The number of benzene rings is 1. The Hall–Kier alpha value is -2.57. The fourth-order valence-electron chi connectivity index (χ4n) is 1.69. The molecule has 0 aliphatic heterocycles. The number of urea groups is 1. The van der Waals surface area contributed by atoms with Gasteiger partial charge in [0.1, 0.15) is 6.04 Å². The van der Waals surface area contributed by atoms with Crippen LogP contribution in [0, 0.1) is 0 Å². The van der Waals surface area contributed by atoms with Crippen molar-refractivity contribution in [3.05, 3.63) is 29.8 Å². The summed E-state index contributed by atoms with van der Waals surface area (Å²) >= 11 is 0. The van der Waals surface area contributed by atoms with Crippen LogP contribution in [0.25, 0.3) is 0 Å². The van der Waals surface area contributed by atoms with Crippen LogP contribution in [0.2, 0.25) is 0 Å². The monoisotopic (exact) mass is 293 g/mol. The lowest BCUT2D eigenvalue weighted by Crippen LogP contribution is -2.43. The zero-order chi connectivity index (χ0) is 15.8. The standard InChI is InChI=1S/C14H19N3O4/c1-2-9-3-5-10(6-4-9)16-14(21)17-11(13(19)20)7-8-12(15)18/h3-6,11H,2,7-8H2,1H3,(H2,15,18)(H,19,20)(H2,16,17,21). The van der Waals surface area contributed by atoms with Crippen LogP contribution in [0.1, 0.15) is 25.3 Å². The molecule has 0 aliphatic carbocycles. The van der Waals surface area contributed by atoms with Gasteiger partial charge in [-0.1, -0.05) is 19.1 Å². The van der Waals surface area contributed by atoms with Gasteiger partial charge in [0.25, 0.3) is 0 Å². The fraction of sp³-hybridized carbons (Fsp3) is 0.357. The summed E-state index contributed by atoms with van der Waals surface area (Å²) < 4.78 is 0. The first-order chi connectivity index (χ1) is 9.92. The van der Waals surface area contributed by atoms with E-state index < -0.39 is 23.9 Å². The topological polar surface area (TPSA) is 122 Å². The van der Waals surface area contributed by atoms with Crippen LogP contribution in [-0.4, -0.2) is 29.1 Å². The second-order valence-electron chi connectivity index (χ2n) is 4.54. The number of primary amides is 1. The molecule has 3 amide bonds. The van der Waals surface area contributed by atoms with Crippen LogP contribution >= 0.6 is 0 Å². The van der Waals surface area contributed by atoms with Crippen molar-refractivity contribution >= 4 is 23.6 Å². The summed E-state index contributed by atoms with van der Waals surface area (Å²) in [6.45, 7) is 2.02. The van der Waals surface area contributed by atoms with Crippen molar-refractivity contribution in [2.75, 3.05) is 5.32 Å². The van der Waals surface area contributed by atoms with Gasteiger partial charge in [0.2, 0.25) is 5.91 Å². The number of rotatable bonds is 7.